The summed E-state index contributed by atoms with van der Waals surface area (Å²) in [5.41, 5.74) is 2.68. The Labute approximate surface area is 193 Å². The van der Waals surface area contributed by atoms with E-state index < -0.39 is 5.97 Å². The van der Waals surface area contributed by atoms with E-state index in [2.05, 4.69) is 4.98 Å². The first-order valence-electron chi connectivity index (χ1n) is 10.1. The molecule has 8 heteroatoms. The lowest BCUT2D eigenvalue weighted by Crippen LogP contribution is -2.00. The average Bonchev–Trinajstić information content (AvgIpc) is 3.22. The zero-order valence-electron chi connectivity index (χ0n) is 17.7. The van der Waals surface area contributed by atoms with Gasteiger partial charge in [0, 0.05) is 0 Å². The quantitative estimate of drug-likeness (QED) is 0.234. The molecule has 0 atom stereocenters. The SMILES string of the molecule is CCOc1cc(/C=C(\Sc2nc3ccccc3o2)C(=O)O)ccc1OCc1ccc(F)cc1. The number of halogens is 1. The Morgan fingerprint density at radius 3 is 2.61 bits per heavy atom. The van der Waals surface area contributed by atoms with Gasteiger partial charge in [-0.15, -0.1) is 0 Å². The van der Waals surface area contributed by atoms with E-state index in [-0.39, 0.29) is 22.6 Å². The fourth-order valence-corrected chi connectivity index (χ4v) is 3.76. The maximum absolute atomic E-state index is 13.1. The number of carboxylic acids is 1. The molecule has 1 aromatic heterocycles. The van der Waals surface area contributed by atoms with Crippen LogP contribution in [0.5, 0.6) is 11.5 Å². The Morgan fingerprint density at radius 1 is 1.09 bits per heavy atom. The lowest BCUT2D eigenvalue weighted by Gasteiger charge is -2.13. The van der Waals surface area contributed by atoms with Gasteiger partial charge in [-0.3, -0.25) is 0 Å². The summed E-state index contributed by atoms with van der Waals surface area (Å²) >= 11 is 0.931. The van der Waals surface area contributed by atoms with Crippen molar-refractivity contribution < 1.29 is 28.2 Å². The number of hydrogen-bond donors (Lipinski definition) is 1. The molecule has 0 aliphatic rings. The molecule has 0 spiro atoms. The first-order valence-corrected chi connectivity index (χ1v) is 11.0. The van der Waals surface area contributed by atoms with Crippen LogP contribution in [-0.2, 0) is 11.4 Å². The van der Waals surface area contributed by atoms with Crippen LogP contribution in [0.15, 0.2) is 81.3 Å². The van der Waals surface area contributed by atoms with Crippen LogP contribution in [0, 0.1) is 5.82 Å². The normalized spacial score (nSPS) is 11.5. The number of carboxylic acid groups (broad SMARTS) is 1. The fourth-order valence-electron chi connectivity index (χ4n) is 3.02. The number of aliphatic carboxylic acids is 1. The van der Waals surface area contributed by atoms with Crippen LogP contribution in [-0.4, -0.2) is 22.7 Å². The van der Waals surface area contributed by atoms with Gasteiger partial charge < -0.3 is 19.0 Å². The summed E-state index contributed by atoms with van der Waals surface area (Å²) in [5.74, 6) is -0.432. The first-order chi connectivity index (χ1) is 16.0. The minimum Gasteiger partial charge on any atom is -0.490 e. The zero-order chi connectivity index (χ0) is 23.2. The molecule has 33 heavy (non-hydrogen) atoms. The van der Waals surface area contributed by atoms with E-state index in [0.29, 0.717) is 34.8 Å². The third kappa shape index (κ3) is 5.72. The van der Waals surface area contributed by atoms with Crippen LogP contribution in [0.3, 0.4) is 0 Å². The Bertz CT molecular complexity index is 1270. The van der Waals surface area contributed by atoms with Gasteiger partial charge in [0.25, 0.3) is 5.22 Å². The van der Waals surface area contributed by atoms with Gasteiger partial charge in [0.1, 0.15) is 22.8 Å². The van der Waals surface area contributed by atoms with Crippen molar-refractivity contribution in [3.05, 3.63) is 88.6 Å². The molecule has 1 heterocycles. The highest BCUT2D eigenvalue weighted by Gasteiger charge is 2.16. The van der Waals surface area contributed by atoms with E-state index >= 15 is 0 Å². The van der Waals surface area contributed by atoms with Crippen molar-refractivity contribution >= 4 is 34.9 Å². The molecular formula is C25H20FNO5S. The highest BCUT2D eigenvalue weighted by Crippen LogP contribution is 2.33. The van der Waals surface area contributed by atoms with Gasteiger partial charge >= 0.3 is 5.97 Å². The second-order valence-electron chi connectivity index (χ2n) is 6.92. The van der Waals surface area contributed by atoms with Crippen molar-refractivity contribution in [3.8, 4) is 11.5 Å². The standard InChI is InChI=1S/C25H20FNO5S/c1-2-30-22-13-17(9-12-21(22)31-15-16-7-10-18(26)11-8-16)14-23(24(28)29)33-25-27-19-5-3-4-6-20(19)32-25/h3-14H,2,15H2,1H3,(H,28,29)/b23-14-. The third-order valence-corrected chi connectivity index (χ3v) is 5.42. The molecule has 0 fully saturated rings. The lowest BCUT2D eigenvalue weighted by atomic mass is 10.2. The Balaban J connectivity index is 1.55. The summed E-state index contributed by atoms with van der Waals surface area (Å²) in [6.45, 7) is 2.49. The van der Waals surface area contributed by atoms with Crippen molar-refractivity contribution in [2.24, 2.45) is 0 Å². The zero-order valence-corrected chi connectivity index (χ0v) is 18.5. The highest BCUT2D eigenvalue weighted by atomic mass is 32.2. The molecule has 0 amide bonds. The Morgan fingerprint density at radius 2 is 1.88 bits per heavy atom. The van der Waals surface area contributed by atoms with Gasteiger partial charge in [0.2, 0.25) is 0 Å². The average molecular weight is 466 g/mol. The summed E-state index contributed by atoms with van der Waals surface area (Å²) in [7, 11) is 0. The van der Waals surface area contributed by atoms with E-state index in [1.807, 2.05) is 19.1 Å². The van der Waals surface area contributed by atoms with Crippen molar-refractivity contribution in [3.63, 3.8) is 0 Å². The van der Waals surface area contributed by atoms with Gasteiger partial charge in [0.05, 0.1) is 6.61 Å². The van der Waals surface area contributed by atoms with Gasteiger partial charge in [-0.25, -0.2) is 14.2 Å². The predicted octanol–water partition coefficient (Wildman–Crippen LogP) is 6.16. The predicted molar refractivity (Wildman–Crippen MR) is 124 cm³/mol. The topological polar surface area (TPSA) is 81.8 Å². The monoisotopic (exact) mass is 465 g/mol. The summed E-state index contributed by atoms with van der Waals surface area (Å²) in [6.07, 6.45) is 1.52. The molecule has 3 aromatic carbocycles. The second kappa shape index (κ2) is 10.2. The van der Waals surface area contributed by atoms with Crippen LogP contribution in [0.2, 0.25) is 0 Å². The summed E-state index contributed by atoms with van der Waals surface area (Å²) in [6, 6.07) is 18.4. The van der Waals surface area contributed by atoms with Crippen LogP contribution in [0.4, 0.5) is 4.39 Å². The van der Waals surface area contributed by atoms with Gasteiger partial charge in [-0.05, 0) is 72.3 Å². The number of hydrogen-bond acceptors (Lipinski definition) is 6. The van der Waals surface area contributed by atoms with Crippen LogP contribution in [0.25, 0.3) is 17.2 Å². The number of nitrogens with zero attached hydrogens (tertiary/aromatic N) is 1. The number of para-hydroxylation sites is 2. The number of ether oxygens (including phenoxy) is 2. The molecule has 0 aliphatic heterocycles. The molecule has 6 nitrogen and oxygen atoms in total. The van der Waals surface area contributed by atoms with Gasteiger partial charge in [-0.1, -0.05) is 30.3 Å². The van der Waals surface area contributed by atoms with Crippen molar-refractivity contribution in [2.45, 2.75) is 18.8 Å². The van der Waals surface area contributed by atoms with E-state index in [0.717, 1.165) is 17.3 Å². The van der Waals surface area contributed by atoms with E-state index in [1.54, 1.807) is 42.5 Å². The molecule has 168 valence electrons. The minimum atomic E-state index is -1.10. The molecule has 0 saturated heterocycles. The summed E-state index contributed by atoms with van der Waals surface area (Å²) < 4.78 is 30.2. The first kappa shape index (κ1) is 22.4. The largest absolute Gasteiger partial charge is 0.490 e. The van der Waals surface area contributed by atoms with E-state index in [9.17, 15) is 14.3 Å². The number of fused-ring (bicyclic) bond motifs is 1. The number of benzene rings is 3. The molecule has 4 aromatic rings. The molecule has 0 unspecified atom stereocenters. The molecule has 4 rings (SSSR count). The van der Waals surface area contributed by atoms with Gasteiger partial charge in [-0.2, -0.15) is 0 Å². The van der Waals surface area contributed by atoms with Crippen LogP contribution < -0.4 is 9.47 Å². The van der Waals surface area contributed by atoms with Crippen LogP contribution in [0.1, 0.15) is 18.1 Å². The molecular weight excluding hydrogens is 445 g/mol. The molecule has 0 bridgehead atoms. The molecule has 1 N–H and O–H groups in total. The highest BCUT2D eigenvalue weighted by molar-refractivity contribution is 8.03. The van der Waals surface area contributed by atoms with Crippen molar-refractivity contribution in [2.75, 3.05) is 6.61 Å². The smallest absolute Gasteiger partial charge is 0.342 e. The Kier molecular flexibility index (Phi) is 6.95. The summed E-state index contributed by atoms with van der Waals surface area (Å²) in [4.78, 5) is 16.2. The van der Waals surface area contributed by atoms with Crippen molar-refractivity contribution in [1.82, 2.24) is 4.98 Å². The Hall–Kier alpha value is -3.78. The molecule has 0 aliphatic carbocycles. The number of aromatic nitrogens is 1. The van der Waals surface area contributed by atoms with Crippen LogP contribution >= 0.6 is 11.8 Å². The lowest BCUT2D eigenvalue weighted by molar-refractivity contribution is -0.131. The van der Waals surface area contributed by atoms with Gasteiger partial charge in [0.15, 0.2) is 17.1 Å². The minimum absolute atomic E-state index is 0.0454. The molecule has 0 radical (unpaired) electrons. The van der Waals surface area contributed by atoms with E-state index in [1.165, 1.54) is 18.2 Å². The van der Waals surface area contributed by atoms with Crippen molar-refractivity contribution in [1.29, 1.82) is 0 Å². The third-order valence-electron chi connectivity index (χ3n) is 4.56. The second-order valence-corrected chi connectivity index (χ2v) is 7.91. The molecule has 0 saturated carbocycles. The summed E-state index contributed by atoms with van der Waals surface area (Å²) in [5, 5.41) is 9.93. The maximum Gasteiger partial charge on any atom is 0.342 e. The van der Waals surface area contributed by atoms with E-state index in [4.69, 9.17) is 13.9 Å². The fraction of sp³-hybridized carbons (Fsp3) is 0.120. The number of carbonyl (C=O) groups is 1. The number of thioether (sulfide) groups is 1. The number of rotatable bonds is 9. The number of oxazole rings is 1. The maximum atomic E-state index is 13.1.